The van der Waals surface area contributed by atoms with Gasteiger partial charge in [-0.1, -0.05) is 12.8 Å². The fraction of sp³-hybridized carbons (Fsp3) is 0.750. The van der Waals surface area contributed by atoms with Crippen molar-refractivity contribution in [3.8, 4) is 0 Å². The summed E-state index contributed by atoms with van der Waals surface area (Å²) in [6, 6.07) is 0. The highest BCUT2D eigenvalue weighted by molar-refractivity contribution is 5.25. The number of aromatic nitrogens is 2. The van der Waals surface area contributed by atoms with Crippen molar-refractivity contribution in [2.45, 2.75) is 52.3 Å². The van der Waals surface area contributed by atoms with Crippen molar-refractivity contribution in [3.63, 3.8) is 0 Å². The Morgan fingerprint density at radius 2 is 1.82 bits per heavy atom. The van der Waals surface area contributed by atoms with Crippen LogP contribution in [0.2, 0.25) is 0 Å². The minimum Gasteiger partial charge on any atom is -0.269 e. The lowest BCUT2D eigenvalue weighted by atomic mass is 10.1. The molecule has 1 saturated carbocycles. The minimum atomic E-state index is -4.34. The molecule has 17 heavy (non-hydrogen) atoms. The third-order valence-electron chi connectivity index (χ3n) is 3.68. The molecule has 1 aromatic heterocycles. The second-order valence-corrected chi connectivity index (χ2v) is 4.89. The Hall–Kier alpha value is -1.00. The summed E-state index contributed by atoms with van der Waals surface area (Å²) in [6.07, 6.45) is 0.265. The third kappa shape index (κ3) is 2.48. The molecule has 0 aliphatic heterocycles. The van der Waals surface area contributed by atoms with Crippen LogP contribution in [0.5, 0.6) is 0 Å². The summed E-state index contributed by atoms with van der Waals surface area (Å²) in [4.78, 5) is 0. The Bertz CT molecular complexity index is 401. The number of nitrogens with zero attached hydrogens (tertiary/aromatic N) is 2. The first-order valence-corrected chi connectivity index (χ1v) is 6.01. The molecular formula is C12H17F3N2. The van der Waals surface area contributed by atoms with Gasteiger partial charge >= 0.3 is 6.18 Å². The van der Waals surface area contributed by atoms with Crippen LogP contribution >= 0.6 is 0 Å². The highest BCUT2D eigenvalue weighted by atomic mass is 19.4. The van der Waals surface area contributed by atoms with Gasteiger partial charge in [0.05, 0.1) is 0 Å². The van der Waals surface area contributed by atoms with E-state index in [2.05, 4.69) is 5.10 Å². The highest BCUT2D eigenvalue weighted by Gasteiger charge is 2.37. The van der Waals surface area contributed by atoms with Gasteiger partial charge in [0, 0.05) is 17.8 Å². The second kappa shape index (κ2) is 4.35. The molecule has 1 heterocycles. The first kappa shape index (κ1) is 12.5. The van der Waals surface area contributed by atoms with E-state index < -0.39 is 11.9 Å². The largest absolute Gasteiger partial charge is 0.435 e. The van der Waals surface area contributed by atoms with Crippen LogP contribution in [-0.2, 0) is 12.7 Å². The summed E-state index contributed by atoms with van der Waals surface area (Å²) in [6.45, 7) is 3.84. The molecule has 0 saturated heterocycles. The fourth-order valence-electron chi connectivity index (χ4n) is 2.52. The summed E-state index contributed by atoms with van der Waals surface area (Å²) >= 11 is 0. The Morgan fingerprint density at radius 3 is 2.29 bits per heavy atom. The number of hydrogen-bond acceptors (Lipinski definition) is 1. The molecule has 1 aliphatic carbocycles. The summed E-state index contributed by atoms with van der Waals surface area (Å²) in [7, 11) is 0. The van der Waals surface area contributed by atoms with Crippen LogP contribution in [0, 0.1) is 19.8 Å². The molecule has 2 rings (SSSR count). The second-order valence-electron chi connectivity index (χ2n) is 4.89. The van der Waals surface area contributed by atoms with Crippen LogP contribution in [-0.4, -0.2) is 9.78 Å². The molecule has 0 amide bonds. The first-order valence-electron chi connectivity index (χ1n) is 6.01. The molecule has 0 radical (unpaired) electrons. The summed E-state index contributed by atoms with van der Waals surface area (Å²) in [5, 5.41) is 3.74. The molecule has 1 aromatic rings. The van der Waals surface area contributed by atoms with Crippen molar-refractivity contribution >= 4 is 0 Å². The summed E-state index contributed by atoms with van der Waals surface area (Å²) in [5.74, 6) is 0.495. The first-order chi connectivity index (χ1) is 7.89. The molecule has 1 aliphatic rings. The van der Waals surface area contributed by atoms with Gasteiger partial charge in [-0.2, -0.15) is 18.3 Å². The molecule has 0 N–H and O–H groups in total. The van der Waals surface area contributed by atoms with E-state index in [4.69, 9.17) is 0 Å². The van der Waals surface area contributed by atoms with Gasteiger partial charge in [0.2, 0.25) is 0 Å². The minimum absolute atomic E-state index is 0.260. The monoisotopic (exact) mass is 246 g/mol. The fourth-order valence-corrected chi connectivity index (χ4v) is 2.52. The number of halogens is 3. The number of hydrogen-bond donors (Lipinski definition) is 0. The van der Waals surface area contributed by atoms with E-state index in [1.54, 1.807) is 6.92 Å². The van der Waals surface area contributed by atoms with Crippen LogP contribution in [0.3, 0.4) is 0 Å². The van der Waals surface area contributed by atoms with Crippen molar-refractivity contribution < 1.29 is 13.2 Å². The lowest BCUT2D eigenvalue weighted by Crippen LogP contribution is -2.12. The average Bonchev–Trinajstić information content (AvgIpc) is 2.81. The van der Waals surface area contributed by atoms with E-state index in [1.165, 1.54) is 24.4 Å². The Balaban J connectivity index is 2.23. The predicted molar refractivity (Wildman–Crippen MR) is 58.7 cm³/mol. The van der Waals surface area contributed by atoms with E-state index in [-0.39, 0.29) is 5.56 Å². The van der Waals surface area contributed by atoms with Gasteiger partial charge < -0.3 is 0 Å². The topological polar surface area (TPSA) is 17.8 Å². The molecule has 5 heteroatoms. The van der Waals surface area contributed by atoms with Gasteiger partial charge in [0.25, 0.3) is 0 Å². The van der Waals surface area contributed by atoms with Gasteiger partial charge in [-0.15, -0.1) is 0 Å². The van der Waals surface area contributed by atoms with E-state index in [1.807, 2.05) is 0 Å². The van der Waals surface area contributed by atoms with Crippen LogP contribution in [0.4, 0.5) is 13.2 Å². The molecule has 0 unspecified atom stereocenters. The van der Waals surface area contributed by atoms with Gasteiger partial charge in [0.15, 0.2) is 5.69 Å². The lowest BCUT2D eigenvalue weighted by Gasteiger charge is -2.10. The van der Waals surface area contributed by atoms with E-state index in [0.717, 1.165) is 12.8 Å². The van der Waals surface area contributed by atoms with E-state index >= 15 is 0 Å². The molecule has 1 fully saturated rings. The molecular weight excluding hydrogens is 229 g/mol. The zero-order valence-electron chi connectivity index (χ0n) is 10.1. The van der Waals surface area contributed by atoms with Gasteiger partial charge in [-0.25, -0.2) is 0 Å². The van der Waals surface area contributed by atoms with E-state index in [0.29, 0.717) is 18.2 Å². The van der Waals surface area contributed by atoms with Crippen LogP contribution < -0.4 is 0 Å². The maximum atomic E-state index is 12.7. The molecule has 0 bridgehead atoms. The summed E-state index contributed by atoms with van der Waals surface area (Å²) in [5.41, 5.74) is 0.174. The molecule has 96 valence electrons. The van der Waals surface area contributed by atoms with E-state index in [9.17, 15) is 13.2 Å². The highest BCUT2D eigenvalue weighted by Crippen LogP contribution is 2.33. The lowest BCUT2D eigenvalue weighted by molar-refractivity contribution is -0.142. The van der Waals surface area contributed by atoms with Crippen molar-refractivity contribution in [1.82, 2.24) is 9.78 Å². The average molecular weight is 246 g/mol. The van der Waals surface area contributed by atoms with Gasteiger partial charge in [-0.3, -0.25) is 4.68 Å². The third-order valence-corrected chi connectivity index (χ3v) is 3.68. The van der Waals surface area contributed by atoms with Crippen LogP contribution in [0.1, 0.15) is 42.6 Å². The zero-order valence-corrected chi connectivity index (χ0v) is 10.1. The standard InChI is InChI=1S/C12H17F3N2/c1-8-9(2)17(7-10-5-3-4-6-10)16-11(8)12(13,14)15/h10H,3-7H2,1-2H3. The van der Waals surface area contributed by atoms with Crippen LogP contribution in [0.25, 0.3) is 0 Å². The van der Waals surface area contributed by atoms with Crippen molar-refractivity contribution in [1.29, 1.82) is 0 Å². The van der Waals surface area contributed by atoms with Crippen molar-refractivity contribution in [2.24, 2.45) is 5.92 Å². The predicted octanol–water partition coefficient (Wildman–Crippen LogP) is 3.71. The molecule has 0 aromatic carbocycles. The number of alkyl halides is 3. The molecule has 2 nitrogen and oxygen atoms in total. The van der Waals surface area contributed by atoms with Crippen molar-refractivity contribution in [2.75, 3.05) is 0 Å². The number of rotatable bonds is 2. The van der Waals surface area contributed by atoms with Gasteiger partial charge in [-0.05, 0) is 32.6 Å². The quantitative estimate of drug-likeness (QED) is 0.777. The van der Waals surface area contributed by atoms with Gasteiger partial charge in [0.1, 0.15) is 0 Å². The smallest absolute Gasteiger partial charge is 0.269 e. The Labute approximate surface area is 98.8 Å². The maximum absolute atomic E-state index is 12.7. The summed E-state index contributed by atoms with van der Waals surface area (Å²) < 4.78 is 39.6. The normalized spacial score (nSPS) is 17.9. The zero-order chi connectivity index (χ0) is 12.6. The molecule has 0 spiro atoms. The van der Waals surface area contributed by atoms with Crippen molar-refractivity contribution in [3.05, 3.63) is 17.0 Å². The molecule has 0 atom stereocenters. The SMILES string of the molecule is Cc1c(C(F)(F)F)nn(CC2CCCC2)c1C. The maximum Gasteiger partial charge on any atom is 0.435 e. The Kier molecular flexibility index (Phi) is 3.19. The van der Waals surface area contributed by atoms with Crippen LogP contribution in [0.15, 0.2) is 0 Å². The Morgan fingerprint density at radius 1 is 1.24 bits per heavy atom.